The van der Waals surface area contributed by atoms with E-state index >= 15 is 0 Å². The maximum atomic E-state index is 12.5. The molecule has 0 spiro atoms. The van der Waals surface area contributed by atoms with E-state index in [2.05, 4.69) is 10.4 Å². The largest absolute Gasteiger partial charge is 0.351 e. The summed E-state index contributed by atoms with van der Waals surface area (Å²) in [5, 5.41) is 8.70. The number of carbonyl (C=O) groups excluding carboxylic acids is 1. The normalized spacial score (nSPS) is 27.6. The molecule has 140 valence electrons. The van der Waals surface area contributed by atoms with Gasteiger partial charge in [0, 0.05) is 17.5 Å². The zero-order chi connectivity index (χ0) is 17.4. The molecule has 0 radical (unpaired) electrons. The van der Waals surface area contributed by atoms with E-state index < -0.39 is 0 Å². The Morgan fingerprint density at radius 3 is 2.65 bits per heavy atom. The van der Waals surface area contributed by atoms with Crippen LogP contribution in [0.5, 0.6) is 0 Å². The topological polar surface area (TPSA) is 90.0 Å². The first kappa shape index (κ1) is 18.9. The van der Waals surface area contributed by atoms with E-state index in [4.69, 9.17) is 5.73 Å². The van der Waals surface area contributed by atoms with Gasteiger partial charge in [0.15, 0.2) is 0 Å². The van der Waals surface area contributed by atoms with Crippen LogP contribution in [0.4, 0.5) is 0 Å². The molecule has 6 nitrogen and oxygen atoms in total. The van der Waals surface area contributed by atoms with Gasteiger partial charge in [-0.15, -0.1) is 12.4 Å². The van der Waals surface area contributed by atoms with Crippen LogP contribution in [0.15, 0.2) is 35.3 Å². The zero-order valence-electron chi connectivity index (χ0n) is 14.6. The number of halogens is 1. The van der Waals surface area contributed by atoms with E-state index in [0.29, 0.717) is 17.2 Å². The number of hydrogen-bond acceptors (Lipinski definition) is 4. The van der Waals surface area contributed by atoms with Crippen molar-refractivity contribution in [3.05, 3.63) is 40.8 Å². The quantitative estimate of drug-likeness (QED) is 0.855. The number of fused-ring (bicyclic) bond motifs is 3. The lowest BCUT2D eigenvalue weighted by Gasteiger charge is -2.45. The average Bonchev–Trinajstić information content (AvgIpc) is 2.58. The molecule has 2 aromatic rings. The van der Waals surface area contributed by atoms with Crippen molar-refractivity contribution >= 4 is 29.1 Å². The second-order valence-electron chi connectivity index (χ2n) is 7.47. The van der Waals surface area contributed by atoms with Crippen molar-refractivity contribution in [3.63, 3.8) is 0 Å². The van der Waals surface area contributed by atoms with Crippen molar-refractivity contribution < 1.29 is 4.79 Å². The molecule has 1 heterocycles. The smallest absolute Gasteiger partial charge is 0.275 e. The molecule has 1 aromatic carbocycles. The van der Waals surface area contributed by atoms with Gasteiger partial charge in [0.05, 0.1) is 11.6 Å². The van der Waals surface area contributed by atoms with Crippen LogP contribution in [0.3, 0.4) is 0 Å². The predicted molar refractivity (Wildman–Crippen MR) is 103 cm³/mol. The van der Waals surface area contributed by atoms with E-state index in [1.54, 1.807) is 12.3 Å². The minimum atomic E-state index is -0.223. The molecule has 1 aromatic heterocycles. The van der Waals surface area contributed by atoms with Crippen molar-refractivity contribution in [2.75, 3.05) is 0 Å². The summed E-state index contributed by atoms with van der Waals surface area (Å²) >= 11 is 0. The van der Waals surface area contributed by atoms with Gasteiger partial charge >= 0.3 is 0 Å². The second-order valence-corrected chi connectivity index (χ2v) is 7.47. The number of nitrogens with one attached hydrogen (secondary N) is 1. The van der Waals surface area contributed by atoms with Crippen molar-refractivity contribution in [3.8, 4) is 0 Å². The summed E-state index contributed by atoms with van der Waals surface area (Å²) in [6.45, 7) is -0.0361. The third kappa shape index (κ3) is 3.62. The molecule has 2 atom stereocenters. The van der Waals surface area contributed by atoms with E-state index in [1.165, 1.54) is 11.1 Å². The third-order valence-electron chi connectivity index (χ3n) is 5.76. The third-order valence-corrected chi connectivity index (χ3v) is 5.76. The fourth-order valence-corrected chi connectivity index (χ4v) is 4.63. The molecule has 0 saturated heterocycles. The first-order valence-electron chi connectivity index (χ1n) is 9.11. The maximum Gasteiger partial charge on any atom is 0.275 e. The zero-order valence-corrected chi connectivity index (χ0v) is 15.5. The Kier molecular flexibility index (Phi) is 5.63. The fourth-order valence-electron chi connectivity index (χ4n) is 4.63. The van der Waals surface area contributed by atoms with Crippen LogP contribution in [-0.2, 0) is 11.3 Å². The molecular formula is C19H25ClN4O2. The van der Waals surface area contributed by atoms with Crippen molar-refractivity contribution in [1.29, 1.82) is 0 Å². The molecule has 26 heavy (non-hydrogen) atoms. The lowest BCUT2D eigenvalue weighted by Crippen LogP contribution is -2.54. The molecule has 2 aliphatic carbocycles. The Morgan fingerprint density at radius 2 is 1.92 bits per heavy atom. The molecule has 4 rings (SSSR count). The van der Waals surface area contributed by atoms with E-state index in [-0.39, 0.29) is 42.5 Å². The fraction of sp³-hybridized carbons (Fsp3) is 0.526. The first-order chi connectivity index (χ1) is 12.1. The Morgan fingerprint density at radius 1 is 1.23 bits per heavy atom. The molecule has 7 heteroatoms. The highest BCUT2D eigenvalue weighted by Gasteiger charge is 2.39. The lowest BCUT2D eigenvalue weighted by atomic mass is 9.67. The van der Waals surface area contributed by atoms with Crippen LogP contribution >= 0.6 is 12.4 Å². The Hall–Kier alpha value is -1.92. The highest BCUT2D eigenvalue weighted by atomic mass is 35.5. The highest BCUT2D eigenvalue weighted by molar-refractivity contribution is 5.85. The van der Waals surface area contributed by atoms with Gasteiger partial charge < -0.3 is 11.1 Å². The van der Waals surface area contributed by atoms with Gasteiger partial charge in [0.1, 0.15) is 6.54 Å². The van der Waals surface area contributed by atoms with Crippen LogP contribution in [0.25, 0.3) is 10.8 Å². The number of nitrogens with zero attached hydrogens (tertiary/aromatic N) is 2. The van der Waals surface area contributed by atoms with Crippen molar-refractivity contribution in [1.82, 2.24) is 15.1 Å². The highest BCUT2D eigenvalue weighted by Crippen LogP contribution is 2.39. The van der Waals surface area contributed by atoms with Crippen LogP contribution < -0.4 is 16.6 Å². The standard InChI is InChI=1S/C19H24N4O2.ClH/c20-15-8-12-5-3-6-13(9-15)18(12)22-17(24)11-23-19(25)16-7-2-1-4-14(16)10-21-23;/h1-2,4,7,10,12-13,15,18H,3,5-6,8-9,11,20H2,(H,22,24);1H. The van der Waals surface area contributed by atoms with Crippen LogP contribution in [0, 0.1) is 11.8 Å². The molecule has 2 bridgehead atoms. The van der Waals surface area contributed by atoms with Crippen molar-refractivity contribution in [2.45, 2.75) is 50.7 Å². The number of amides is 1. The molecule has 2 saturated carbocycles. The van der Waals surface area contributed by atoms with E-state index in [9.17, 15) is 9.59 Å². The maximum absolute atomic E-state index is 12.5. The minimum absolute atomic E-state index is 0. The summed E-state index contributed by atoms with van der Waals surface area (Å²) in [7, 11) is 0. The van der Waals surface area contributed by atoms with Gasteiger partial charge in [0.25, 0.3) is 5.56 Å². The monoisotopic (exact) mass is 376 g/mol. The van der Waals surface area contributed by atoms with Gasteiger partial charge in [-0.25, -0.2) is 4.68 Å². The summed E-state index contributed by atoms with van der Waals surface area (Å²) < 4.78 is 1.25. The van der Waals surface area contributed by atoms with Gasteiger partial charge in [-0.05, 0) is 43.6 Å². The summed E-state index contributed by atoms with van der Waals surface area (Å²) in [4.78, 5) is 25.0. The molecule has 2 fully saturated rings. The van der Waals surface area contributed by atoms with E-state index in [0.717, 1.165) is 31.1 Å². The number of aromatic nitrogens is 2. The number of hydrogen-bond donors (Lipinski definition) is 2. The Balaban J connectivity index is 0.00000196. The summed E-state index contributed by atoms with van der Waals surface area (Å²) in [5.41, 5.74) is 5.92. The molecular weight excluding hydrogens is 352 g/mol. The van der Waals surface area contributed by atoms with Crippen LogP contribution in [0.2, 0.25) is 0 Å². The number of benzene rings is 1. The molecule has 2 aliphatic rings. The molecule has 3 N–H and O–H groups in total. The molecule has 0 aliphatic heterocycles. The van der Waals surface area contributed by atoms with Gasteiger partial charge in [-0.1, -0.05) is 24.6 Å². The second kappa shape index (κ2) is 7.76. The molecule has 2 unspecified atom stereocenters. The number of rotatable bonds is 3. The predicted octanol–water partition coefficient (Wildman–Crippen LogP) is 1.84. The summed E-state index contributed by atoms with van der Waals surface area (Å²) in [6.07, 6.45) is 7.08. The van der Waals surface area contributed by atoms with Gasteiger partial charge in [0.2, 0.25) is 5.91 Å². The van der Waals surface area contributed by atoms with Gasteiger partial charge in [-0.3, -0.25) is 9.59 Å². The van der Waals surface area contributed by atoms with Crippen LogP contribution in [0.1, 0.15) is 32.1 Å². The first-order valence-corrected chi connectivity index (χ1v) is 9.11. The average molecular weight is 377 g/mol. The summed E-state index contributed by atoms with van der Waals surface area (Å²) in [5.74, 6) is 0.794. The van der Waals surface area contributed by atoms with E-state index in [1.807, 2.05) is 18.2 Å². The van der Waals surface area contributed by atoms with Gasteiger partial charge in [-0.2, -0.15) is 5.10 Å². The SMILES string of the molecule is Cl.NC1CC2CCCC(C1)C2NC(=O)Cn1ncc2ccccc2c1=O. The number of carbonyl (C=O) groups is 1. The lowest BCUT2D eigenvalue weighted by molar-refractivity contribution is -0.124. The molecule has 1 amide bonds. The summed E-state index contributed by atoms with van der Waals surface area (Å²) in [6, 6.07) is 7.75. The minimum Gasteiger partial charge on any atom is -0.351 e. The Labute approximate surface area is 158 Å². The Bertz CT molecular complexity index is 839. The van der Waals surface area contributed by atoms with Crippen molar-refractivity contribution in [2.24, 2.45) is 17.6 Å². The number of nitrogens with two attached hydrogens (primary N) is 1. The van der Waals surface area contributed by atoms with Crippen LogP contribution in [-0.4, -0.2) is 27.8 Å².